The van der Waals surface area contributed by atoms with Gasteiger partial charge in [-0.1, -0.05) is 17.8 Å². The normalized spacial score (nSPS) is 11.4. The number of carbonyl (C=O) groups is 1. The summed E-state index contributed by atoms with van der Waals surface area (Å²) in [6.07, 6.45) is -4.69. The fourth-order valence-electron chi connectivity index (χ4n) is 1.48. The van der Waals surface area contributed by atoms with Crippen LogP contribution in [-0.4, -0.2) is 16.1 Å². The molecule has 1 N–H and O–H groups in total. The zero-order valence-electron chi connectivity index (χ0n) is 10.2. The van der Waals surface area contributed by atoms with Crippen LogP contribution < -0.4 is 0 Å². The molecule has 110 valence electrons. The number of carboxylic acid groups (broad SMARTS) is 1. The Morgan fingerprint density at radius 2 is 1.90 bits per heavy atom. The van der Waals surface area contributed by atoms with Gasteiger partial charge in [0.15, 0.2) is 0 Å². The molecule has 0 unspecified atom stereocenters. The molecule has 2 aromatic rings. The van der Waals surface area contributed by atoms with Crippen LogP contribution in [0.15, 0.2) is 46.3 Å². The van der Waals surface area contributed by atoms with Crippen molar-refractivity contribution in [3.8, 4) is 0 Å². The van der Waals surface area contributed by atoms with Gasteiger partial charge in [0.05, 0.1) is 5.56 Å². The Labute approximate surface area is 120 Å². The maximum absolute atomic E-state index is 13.1. The monoisotopic (exact) mass is 317 g/mol. The summed E-state index contributed by atoms with van der Waals surface area (Å²) in [5.41, 5.74) is -1.58. The van der Waals surface area contributed by atoms with Crippen molar-refractivity contribution in [1.29, 1.82) is 0 Å². The van der Waals surface area contributed by atoms with Gasteiger partial charge in [-0.3, -0.25) is 0 Å². The number of hydrogen-bond acceptors (Lipinski definition) is 3. The molecule has 2 rings (SSSR count). The molecule has 0 aliphatic heterocycles. The molecule has 0 spiro atoms. The highest BCUT2D eigenvalue weighted by Gasteiger charge is 2.33. The highest BCUT2D eigenvalue weighted by molar-refractivity contribution is 7.99. The van der Waals surface area contributed by atoms with E-state index in [1.54, 1.807) is 0 Å². The Balaban J connectivity index is 2.46. The molecule has 1 aromatic heterocycles. The van der Waals surface area contributed by atoms with Crippen LogP contribution in [-0.2, 0) is 6.18 Å². The van der Waals surface area contributed by atoms with Gasteiger partial charge in [-0.05, 0) is 30.3 Å². The van der Waals surface area contributed by atoms with Crippen molar-refractivity contribution in [2.24, 2.45) is 0 Å². The molecule has 0 aliphatic rings. The van der Waals surface area contributed by atoms with Crippen LogP contribution in [0.1, 0.15) is 16.1 Å². The summed E-state index contributed by atoms with van der Waals surface area (Å²) in [5, 5.41) is 8.64. The lowest BCUT2D eigenvalue weighted by Gasteiger charge is -2.10. The fourth-order valence-corrected chi connectivity index (χ4v) is 2.43. The van der Waals surface area contributed by atoms with E-state index in [9.17, 15) is 22.4 Å². The number of hydrogen-bond donors (Lipinski definition) is 1. The first-order valence-electron chi connectivity index (χ1n) is 5.52. The van der Waals surface area contributed by atoms with Gasteiger partial charge in [-0.15, -0.1) is 0 Å². The molecule has 0 saturated heterocycles. The van der Waals surface area contributed by atoms with E-state index in [1.807, 2.05) is 0 Å². The maximum Gasteiger partial charge on any atom is 0.433 e. The molecule has 0 amide bonds. The number of benzene rings is 1. The molecule has 0 fully saturated rings. The molecule has 21 heavy (non-hydrogen) atoms. The van der Waals surface area contributed by atoms with Crippen molar-refractivity contribution < 1.29 is 27.5 Å². The van der Waals surface area contributed by atoms with E-state index in [-0.39, 0.29) is 15.5 Å². The minimum atomic E-state index is -4.69. The SMILES string of the molecule is O=C(O)c1ccc(C(F)(F)F)nc1Sc1cccc(F)c1. The molecule has 0 atom stereocenters. The topological polar surface area (TPSA) is 50.2 Å². The van der Waals surface area contributed by atoms with E-state index in [1.165, 1.54) is 18.2 Å². The summed E-state index contributed by atoms with van der Waals surface area (Å²) in [6, 6.07) is 6.49. The first kappa shape index (κ1) is 15.3. The van der Waals surface area contributed by atoms with Gasteiger partial charge in [-0.2, -0.15) is 13.2 Å². The van der Waals surface area contributed by atoms with Crippen LogP contribution in [0.2, 0.25) is 0 Å². The third kappa shape index (κ3) is 3.72. The van der Waals surface area contributed by atoms with E-state index in [2.05, 4.69) is 4.98 Å². The number of alkyl halides is 3. The molecule has 1 aromatic carbocycles. The van der Waals surface area contributed by atoms with Crippen LogP contribution in [0.25, 0.3) is 0 Å². The van der Waals surface area contributed by atoms with Crippen molar-refractivity contribution in [3.63, 3.8) is 0 Å². The van der Waals surface area contributed by atoms with Crippen LogP contribution in [0, 0.1) is 5.82 Å². The zero-order chi connectivity index (χ0) is 15.6. The zero-order valence-corrected chi connectivity index (χ0v) is 11.0. The van der Waals surface area contributed by atoms with E-state index in [4.69, 9.17) is 5.11 Å². The average Bonchev–Trinajstić information content (AvgIpc) is 2.37. The Kier molecular flexibility index (Phi) is 4.17. The number of rotatable bonds is 3. The largest absolute Gasteiger partial charge is 0.478 e. The summed E-state index contributed by atoms with van der Waals surface area (Å²) in [5.74, 6) is -1.99. The second-order valence-electron chi connectivity index (χ2n) is 3.91. The molecule has 1 heterocycles. The smallest absolute Gasteiger partial charge is 0.433 e. The predicted molar refractivity (Wildman–Crippen MR) is 66.7 cm³/mol. The third-order valence-corrected chi connectivity index (χ3v) is 3.39. The Hall–Kier alpha value is -2.09. The number of nitrogens with zero attached hydrogens (tertiary/aromatic N) is 1. The van der Waals surface area contributed by atoms with Gasteiger partial charge in [0, 0.05) is 4.90 Å². The number of pyridine rings is 1. The van der Waals surface area contributed by atoms with Crippen molar-refractivity contribution in [2.45, 2.75) is 16.1 Å². The molecule has 0 bridgehead atoms. The van der Waals surface area contributed by atoms with Gasteiger partial charge >= 0.3 is 12.1 Å². The molecule has 0 saturated carbocycles. The molecule has 0 aliphatic carbocycles. The predicted octanol–water partition coefficient (Wildman–Crippen LogP) is 4.09. The third-order valence-electron chi connectivity index (χ3n) is 2.39. The highest BCUT2D eigenvalue weighted by Crippen LogP contribution is 2.34. The number of halogens is 4. The van der Waals surface area contributed by atoms with Crippen molar-refractivity contribution in [2.75, 3.05) is 0 Å². The lowest BCUT2D eigenvalue weighted by atomic mass is 10.2. The van der Waals surface area contributed by atoms with Gasteiger partial charge in [-0.25, -0.2) is 14.2 Å². The number of aromatic carboxylic acids is 1. The molecular formula is C13H7F4NO2S. The second kappa shape index (κ2) is 5.72. The van der Waals surface area contributed by atoms with Gasteiger partial charge in [0.1, 0.15) is 16.5 Å². The summed E-state index contributed by atoms with van der Waals surface area (Å²) in [6.45, 7) is 0. The van der Waals surface area contributed by atoms with Crippen molar-refractivity contribution >= 4 is 17.7 Å². The van der Waals surface area contributed by atoms with E-state index in [0.717, 1.165) is 12.1 Å². The molecule has 3 nitrogen and oxygen atoms in total. The summed E-state index contributed by atoms with van der Waals surface area (Å²) in [4.78, 5) is 14.6. The minimum Gasteiger partial charge on any atom is -0.478 e. The minimum absolute atomic E-state index is 0.254. The van der Waals surface area contributed by atoms with Crippen LogP contribution in [0.5, 0.6) is 0 Å². The van der Waals surface area contributed by atoms with Gasteiger partial charge in [0.2, 0.25) is 0 Å². The first-order chi connectivity index (χ1) is 9.77. The van der Waals surface area contributed by atoms with E-state index < -0.39 is 23.7 Å². The quantitative estimate of drug-likeness (QED) is 0.866. The maximum atomic E-state index is 13.1. The standard InChI is InChI=1S/C13H7F4NO2S/c14-7-2-1-3-8(6-7)21-11-9(12(19)20)4-5-10(18-11)13(15,16)17/h1-6H,(H,19,20). The Bertz CT molecular complexity index is 688. The van der Waals surface area contributed by atoms with Crippen molar-refractivity contribution in [3.05, 3.63) is 53.5 Å². The second-order valence-corrected chi connectivity index (χ2v) is 4.97. The van der Waals surface area contributed by atoms with Crippen molar-refractivity contribution in [1.82, 2.24) is 4.98 Å². The fraction of sp³-hybridized carbons (Fsp3) is 0.0769. The summed E-state index contributed by atoms with van der Waals surface area (Å²) >= 11 is 0.655. The Morgan fingerprint density at radius 1 is 1.19 bits per heavy atom. The molecule has 0 radical (unpaired) electrons. The molecule has 8 heteroatoms. The Morgan fingerprint density at radius 3 is 2.48 bits per heavy atom. The van der Waals surface area contributed by atoms with Crippen LogP contribution in [0.3, 0.4) is 0 Å². The van der Waals surface area contributed by atoms with E-state index in [0.29, 0.717) is 17.8 Å². The highest BCUT2D eigenvalue weighted by atomic mass is 32.2. The van der Waals surface area contributed by atoms with E-state index >= 15 is 0 Å². The lowest BCUT2D eigenvalue weighted by Crippen LogP contribution is -2.11. The number of aromatic nitrogens is 1. The number of carboxylic acids is 1. The summed E-state index contributed by atoms with van der Waals surface area (Å²) < 4.78 is 50.9. The summed E-state index contributed by atoms with van der Waals surface area (Å²) in [7, 11) is 0. The molecular weight excluding hydrogens is 310 g/mol. The van der Waals surface area contributed by atoms with Crippen LogP contribution >= 0.6 is 11.8 Å². The lowest BCUT2D eigenvalue weighted by molar-refractivity contribution is -0.141. The average molecular weight is 317 g/mol. The van der Waals surface area contributed by atoms with Crippen LogP contribution in [0.4, 0.5) is 17.6 Å². The van der Waals surface area contributed by atoms with Gasteiger partial charge < -0.3 is 5.11 Å². The van der Waals surface area contributed by atoms with Gasteiger partial charge in [0.25, 0.3) is 0 Å². The first-order valence-corrected chi connectivity index (χ1v) is 6.34.